The predicted octanol–water partition coefficient (Wildman–Crippen LogP) is 3.92. The van der Waals surface area contributed by atoms with Gasteiger partial charge < -0.3 is 19.4 Å². The molecule has 0 radical (unpaired) electrons. The highest BCUT2D eigenvalue weighted by molar-refractivity contribution is 7.99. The second-order valence-electron chi connectivity index (χ2n) is 6.26. The molecule has 0 aliphatic heterocycles. The number of rotatable bonds is 9. The summed E-state index contributed by atoms with van der Waals surface area (Å²) < 4.78 is 12.9. The Morgan fingerprint density at radius 3 is 2.52 bits per heavy atom. The molecule has 0 saturated carbocycles. The first-order valence-electron chi connectivity index (χ1n) is 9.28. The van der Waals surface area contributed by atoms with Crippen LogP contribution >= 0.6 is 11.8 Å². The quantitative estimate of drug-likeness (QED) is 0.537. The maximum atomic E-state index is 12.3. The summed E-state index contributed by atoms with van der Waals surface area (Å²) in [6.07, 6.45) is 0. The molecule has 1 N–H and O–H groups in total. The fourth-order valence-electron chi connectivity index (χ4n) is 2.70. The third-order valence-corrected chi connectivity index (χ3v) is 5.26. The number of thioether (sulfide) groups is 1. The highest BCUT2D eigenvalue weighted by Gasteiger charge is 2.14. The third-order valence-electron chi connectivity index (χ3n) is 4.29. The summed E-state index contributed by atoms with van der Waals surface area (Å²) in [5.74, 6) is 2.39. The Morgan fingerprint density at radius 2 is 1.83 bits per heavy atom. The Kier molecular flexibility index (Phi) is 7.13. The molecule has 2 aromatic carbocycles. The summed E-state index contributed by atoms with van der Waals surface area (Å²) >= 11 is 1.36. The van der Waals surface area contributed by atoms with Crippen molar-refractivity contribution in [3.63, 3.8) is 0 Å². The van der Waals surface area contributed by atoms with Crippen LogP contribution in [0.25, 0.3) is 0 Å². The van der Waals surface area contributed by atoms with Crippen molar-refractivity contribution in [3.8, 4) is 11.5 Å². The van der Waals surface area contributed by atoms with Gasteiger partial charge in [0.25, 0.3) is 0 Å². The average molecular weight is 413 g/mol. The standard InChI is InChI=1S/C21H24N4O3S/c1-4-25-19(13-28-17-11-9-16(27-3)10-12-17)23-24-21(25)29-14-20(26)22-18-8-6-5-7-15(18)2/h5-12H,4,13-14H2,1-3H3,(H,22,26). The minimum absolute atomic E-state index is 0.0778. The van der Waals surface area contributed by atoms with E-state index in [4.69, 9.17) is 9.47 Å². The van der Waals surface area contributed by atoms with E-state index in [2.05, 4.69) is 15.5 Å². The summed E-state index contributed by atoms with van der Waals surface area (Å²) in [4.78, 5) is 12.3. The first-order valence-corrected chi connectivity index (χ1v) is 10.3. The van der Waals surface area contributed by atoms with Crippen molar-refractivity contribution >= 4 is 23.4 Å². The Morgan fingerprint density at radius 1 is 1.10 bits per heavy atom. The smallest absolute Gasteiger partial charge is 0.234 e. The van der Waals surface area contributed by atoms with Crippen LogP contribution in [-0.2, 0) is 17.9 Å². The average Bonchev–Trinajstić information content (AvgIpc) is 3.14. The van der Waals surface area contributed by atoms with Crippen molar-refractivity contribution in [1.29, 1.82) is 0 Å². The van der Waals surface area contributed by atoms with E-state index < -0.39 is 0 Å². The molecule has 0 saturated heterocycles. The van der Waals surface area contributed by atoms with Crippen LogP contribution in [0.1, 0.15) is 18.3 Å². The van der Waals surface area contributed by atoms with E-state index in [-0.39, 0.29) is 11.7 Å². The van der Waals surface area contributed by atoms with Crippen LogP contribution in [0.4, 0.5) is 5.69 Å². The molecule has 0 bridgehead atoms. The lowest BCUT2D eigenvalue weighted by Crippen LogP contribution is -2.15. The van der Waals surface area contributed by atoms with Crippen LogP contribution in [-0.4, -0.2) is 33.5 Å². The predicted molar refractivity (Wildman–Crippen MR) is 114 cm³/mol. The molecule has 1 aromatic heterocycles. The van der Waals surface area contributed by atoms with Gasteiger partial charge in [0, 0.05) is 12.2 Å². The van der Waals surface area contributed by atoms with Gasteiger partial charge in [-0.25, -0.2) is 0 Å². The second kappa shape index (κ2) is 9.97. The second-order valence-corrected chi connectivity index (χ2v) is 7.20. The first-order chi connectivity index (χ1) is 14.1. The van der Waals surface area contributed by atoms with Crippen molar-refractivity contribution < 1.29 is 14.3 Å². The molecule has 0 aliphatic carbocycles. The highest BCUT2D eigenvalue weighted by Crippen LogP contribution is 2.21. The van der Waals surface area contributed by atoms with E-state index >= 15 is 0 Å². The van der Waals surface area contributed by atoms with Crippen LogP contribution in [0.2, 0.25) is 0 Å². The number of amides is 1. The zero-order chi connectivity index (χ0) is 20.6. The molecular formula is C21H24N4O3S. The van der Waals surface area contributed by atoms with Crippen LogP contribution in [0.15, 0.2) is 53.7 Å². The fraction of sp³-hybridized carbons (Fsp3) is 0.286. The molecule has 1 heterocycles. The lowest BCUT2D eigenvalue weighted by atomic mass is 10.2. The number of hydrogen-bond donors (Lipinski definition) is 1. The molecule has 3 rings (SSSR count). The van der Waals surface area contributed by atoms with Gasteiger partial charge in [0.05, 0.1) is 12.9 Å². The molecule has 29 heavy (non-hydrogen) atoms. The summed E-state index contributed by atoms with van der Waals surface area (Å²) in [7, 11) is 1.63. The summed E-state index contributed by atoms with van der Waals surface area (Å²) in [6, 6.07) is 15.1. The van der Waals surface area contributed by atoms with Gasteiger partial charge in [0.15, 0.2) is 11.0 Å². The van der Waals surface area contributed by atoms with Crippen molar-refractivity contribution in [2.45, 2.75) is 32.2 Å². The molecule has 0 atom stereocenters. The van der Waals surface area contributed by atoms with Gasteiger partial charge in [-0.15, -0.1) is 10.2 Å². The van der Waals surface area contributed by atoms with Gasteiger partial charge in [0.2, 0.25) is 5.91 Å². The van der Waals surface area contributed by atoms with Crippen molar-refractivity contribution in [3.05, 3.63) is 59.9 Å². The van der Waals surface area contributed by atoms with Crippen molar-refractivity contribution in [1.82, 2.24) is 14.8 Å². The maximum Gasteiger partial charge on any atom is 0.234 e. The molecule has 8 heteroatoms. The third kappa shape index (κ3) is 5.51. The van der Waals surface area contributed by atoms with Crippen LogP contribution in [0.5, 0.6) is 11.5 Å². The Labute approximate surface area is 174 Å². The maximum absolute atomic E-state index is 12.3. The molecule has 0 fully saturated rings. The monoisotopic (exact) mass is 412 g/mol. The van der Waals surface area contributed by atoms with Gasteiger partial charge >= 0.3 is 0 Å². The van der Waals surface area contributed by atoms with E-state index in [1.807, 2.05) is 66.9 Å². The van der Waals surface area contributed by atoms with Gasteiger partial charge in [-0.2, -0.15) is 0 Å². The largest absolute Gasteiger partial charge is 0.497 e. The lowest BCUT2D eigenvalue weighted by molar-refractivity contribution is -0.113. The summed E-state index contributed by atoms with van der Waals surface area (Å²) in [6.45, 7) is 4.96. The Bertz CT molecular complexity index is 957. The zero-order valence-corrected chi connectivity index (χ0v) is 17.5. The number of anilines is 1. The normalized spacial score (nSPS) is 10.6. The van der Waals surface area contributed by atoms with Gasteiger partial charge in [0.1, 0.15) is 18.1 Å². The molecule has 152 valence electrons. The van der Waals surface area contributed by atoms with Crippen LogP contribution in [0.3, 0.4) is 0 Å². The van der Waals surface area contributed by atoms with E-state index in [0.29, 0.717) is 24.1 Å². The van der Waals surface area contributed by atoms with Crippen LogP contribution < -0.4 is 14.8 Å². The van der Waals surface area contributed by atoms with E-state index in [9.17, 15) is 4.79 Å². The summed E-state index contributed by atoms with van der Waals surface area (Å²) in [5.41, 5.74) is 1.85. The minimum Gasteiger partial charge on any atom is -0.497 e. The number of aryl methyl sites for hydroxylation is 1. The Hall–Kier alpha value is -3.00. The summed E-state index contributed by atoms with van der Waals surface area (Å²) in [5, 5.41) is 12.1. The van der Waals surface area contributed by atoms with Crippen molar-refractivity contribution in [2.24, 2.45) is 0 Å². The number of ether oxygens (including phenoxy) is 2. The number of methoxy groups -OCH3 is 1. The fourth-order valence-corrected chi connectivity index (χ4v) is 3.52. The van der Waals surface area contributed by atoms with Gasteiger partial charge in [-0.3, -0.25) is 4.79 Å². The van der Waals surface area contributed by atoms with Gasteiger partial charge in [-0.1, -0.05) is 30.0 Å². The molecule has 0 spiro atoms. The first kappa shape index (κ1) is 20.7. The number of nitrogens with one attached hydrogen (secondary N) is 1. The van der Waals surface area contributed by atoms with Crippen molar-refractivity contribution in [2.75, 3.05) is 18.2 Å². The number of aromatic nitrogens is 3. The topological polar surface area (TPSA) is 78.3 Å². The van der Waals surface area contributed by atoms with E-state index in [0.717, 1.165) is 22.7 Å². The number of benzene rings is 2. The molecule has 7 nitrogen and oxygen atoms in total. The van der Waals surface area contributed by atoms with E-state index in [1.54, 1.807) is 7.11 Å². The lowest BCUT2D eigenvalue weighted by Gasteiger charge is -2.10. The number of carbonyl (C=O) groups excluding carboxylic acids is 1. The molecule has 0 unspecified atom stereocenters. The molecule has 3 aromatic rings. The Balaban J connectivity index is 1.57. The zero-order valence-electron chi connectivity index (χ0n) is 16.7. The highest BCUT2D eigenvalue weighted by atomic mass is 32.2. The number of nitrogens with zero attached hydrogens (tertiary/aromatic N) is 3. The van der Waals surface area contributed by atoms with Crippen LogP contribution in [0, 0.1) is 6.92 Å². The minimum atomic E-state index is -0.0778. The molecule has 0 aliphatic rings. The number of para-hydroxylation sites is 1. The number of hydrogen-bond acceptors (Lipinski definition) is 6. The molecule has 1 amide bonds. The van der Waals surface area contributed by atoms with Gasteiger partial charge in [-0.05, 0) is 49.7 Å². The van der Waals surface area contributed by atoms with E-state index in [1.165, 1.54) is 11.8 Å². The molecular weight excluding hydrogens is 388 g/mol. The number of carbonyl (C=O) groups is 1. The SMILES string of the molecule is CCn1c(COc2ccc(OC)cc2)nnc1SCC(=O)Nc1ccccc1C.